The number of carbonyl (C=O) groups is 1. The van der Waals surface area contributed by atoms with Crippen LogP contribution in [0.15, 0.2) is 60.9 Å². The smallest absolute Gasteiger partial charge is 0.274 e. The van der Waals surface area contributed by atoms with Gasteiger partial charge in [0.05, 0.1) is 0 Å². The van der Waals surface area contributed by atoms with Crippen molar-refractivity contribution in [2.75, 3.05) is 17.3 Å². The minimum Gasteiger partial charge on any atom is -0.355 e. The molecular formula is C19H16F2N4O. The van der Waals surface area contributed by atoms with Crippen molar-refractivity contribution < 1.29 is 13.6 Å². The van der Waals surface area contributed by atoms with Crippen LogP contribution < -0.4 is 10.2 Å². The molecule has 1 heterocycles. The summed E-state index contributed by atoms with van der Waals surface area (Å²) >= 11 is 0. The molecule has 26 heavy (non-hydrogen) atoms. The Kier molecular flexibility index (Phi) is 5.17. The maximum absolute atomic E-state index is 13.7. The number of rotatable bonds is 5. The van der Waals surface area contributed by atoms with Gasteiger partial charge in [0.2, 0.25) is 0 Å². The molecule has 0 aliphatic carbocycles. The summed E-state index contributed by atoms with van der Waals surface area (Å²) in [5.41, 5.74) is 0.584. The van der Waals surface area contributed by atoms with Crippen LogP contribution in [0.1, 0.15) is 16.1 Å². The minimum atomic E-state index is -0.853. The zero-order valence-corrected chi connectivity index (χ0v) is 14.0. The van der Waals surface area contributed by atoms with Crippen molar-refractivity contribution in [1.82, 2.24) is 9.97 Å². The van der Waals surface area contributed by atoms with E-state index < -0.39 is 23.2 Å². The fraction of sp³-hybridized carbons (Fsp3) is 0.105. The quantitative estimate of drug-likeness (QED) is 0.760. The lowest BCUT2D eigenvalue weighted by molar-refractivity contribution is 0.102. The van der Waals surface area contributed by atoms with E-state index in [1.807, 2.05) is 42.3 Å². The summed E-state index contributed by atoms with van der Waals surface area (Å²) in [6.07, 6.45) is 1.24. The molecule has 0 spiro atoms. The number of carbonyl (C=O) groups excluding carboxylic acids is 1. The van der Waals surface area contributed by atoms with Gasteiger partial charge in [0, 0.05) is 19.7 Å². The normalized spacial score (nSPS) is 10.4. The number of halogens is 2. The van der Waals surface area contributed by atoms with Crippen molar-refractivity contribution in [2.24, 2.45) is 0 Å². The predicted octanol–water partition coefficient (Wildman–Crippen LogP) is 3.64. The van der Waals surface area contributed by atoms with Crippen LogP contribution >= 0.6 is 0 Å². The molecule has 0 bridgehead atoms. The van der Waals surface area contributed by atoms with Gasteiger partial charge in [-0.1, -0.05) is 36.4 Å². The van der Waals surface area contributed by atoms with Crippen LogP contribution in [0.4, 0.5) is 20.3 Å². The Labute approximate surface area is 149 Å². The SMILES string of the molecule is CN(Cc1ccccc1)c1cc(C(=O)Nc2c(F)cccc2F)ncn1. The molecule has 1 aromatic heterocycles. The molecule has 3 rings (SSSR count). The Morgan fingerprint density at radius 2 is 1.73 bits per heavy atom. The second kappa shape index (κ2) is 7.69. The number of benzene rings is 2. The first-order valence-corrected chi connectivity index (χ1v) is 7.87. The lowest BCUT2D eigenvalue weighted by Gasteiger charge is -2.18. The fourth-order valence-electron chi connectivity index (χ4n) is 2.41. The molecule has 1 amide bonds. The second-order valence-corrected chi connectivity index (χ2v) is 5.65. The standard InChI is InChI=1S/C19H16F2N4O/c1-25(11-13-6-3-2-4-7-13)17-10-16(22-12-23-17)19(26)24-18-14(20)8-5-9-15(18)21/h2-10,12H,11H2,1H3,(H,24,26). The van der Waals surface area contributed by atoms with E-state index in [0.717, 1.165) is 17.7 Å². The fourth-order valence-corrected chi connectivity index (χ4v) is 2.41. The molecule has 132 valence electrons. The second-order valence-electron chi connectivity index (χ2n) is 5.65. The number of hydrogen-bond donors (Lipinski definition) is 1. The third kappa shape index (κ3) is 4.00. The molecule has 0 unspecified atom stereocenters. The first-order chi connectivity index (χ1) is 12.5. The summed E-state index contributed by atoms with van der Waals surface area (Å²) in [6.45, 7) is 0.584. The van der Waals surface area contributed by atoms with E-state index in [2.05, 4.69) is 15.3 Å². The lowest BCUT2D eigenvalue weighted by Crippen LogP contribution is -2.20. The first kappa shape index (κ1) is 17.5. The minimum absolute atomic E-state index is 0.0116. The van der Waals surface area contributed by atoms with Crippen LogP contribution in [0.2, 0.25) is 0 Å². The van der Waals surface area contributed by atoms with Gasteiger partial charge in [-0.05, 0) is 17.7 Å². The highest BCUT2D eigenvalue weighted by molar-refractivity contribution is 6.03. The predicted molar refractivity (Wildman–Crippen MR) is 94.9 cm³/mol. The van der Waals surface area contributed by atoms with E-state index in [1.165, 1.54) is 18.5 Å². The van der Waals surface area contributed by atoms with E-state index in [9.17, 15) is 13.6 Å². The summed E-state index contributed by atoms with van der Waals surface area (Å²) < 4.78 is 27.4. The molecule has 1 N–H and O–H groups in total. The van der Waals surface area contributed by atoms with Crippen LogP contribution in [-0.2, 0) is 6.54 Å². The topological polar surface area (TPSA) is 58.1 Å². The van der Waals surface area contributed by atoms with Crippen LogP contribution in [0.5, 0.6) is 0 Å². The van der Waals surface area contributed by atoms with Gasteiger partial charge in [-0.3, -0.25) is 4.79 Å². The van der Waals surface area contributed by atoms with Gasteiger partial charge in [0.15, 0.2) is 0 Å². The van der Waals surface area contributed by atoms with Gasteiger partial charge in [-0.2, -0.15) is 0 Å². The Bertz CT molecular complexity index is 898. The maximum atomic E-state index is 13.7. The van der Waals surface area contributed by atoms with E-state index >= 15 is 0 Å². The maximum Gasteiger partial charge on any atom is 0.274 e. The number of nitrogens with one attached hydrogen (secondary N) is 1. The molecule has 0 aliphatic heterocycles. The summed E-state index contributed by atoms with van der Waals surface area (Å²) in [4.78, 5) is 22.2. The lowest BCUT2D eigenvalue weighted by atomic mass is 10.2. The molecule has 5 nitrogen and oxygen atoms in total. The van der Waals surface area contributed by atoms with Crippen LogP contribution in [-0.4, -0.2) is 22.9 Å². The van der Waals surface area contributed by atoms with Gasteiger partial charge >= 0.3 is 0 Å². The molecule has 7 heteroatoms. The third-order valence-electron chi connectivity index (χ3n) is 3.74. The average Bonchev–Trinajstić information content (AvgIpc) is 2.65. The molecule has 0 saturated heterocycles. The summed E-state index contributed by atoms with van der Waals surface area (Å²) in [6, 6.07) is 14.6. The molecule has 0 atom stereocenters. The Morgan fingerprint density at radius 3 is 2.42 bits per heavy atom. The van der Waals surface area contributed by atoms with Gasteiger partial charge in [-0.25, -0.2) is 18.7 Å². The highest BCUT2D eigenvalue weighted by atomic mass is 19.1. The Balaban J connectivity index is 1.77. The molecule has 0 aliphatic rings. The van der Waals surface area contributed by atoms with Crippen molar-refractivity contribution in [1.29, 1.82) is 0 Å². The number of anilines is 2. The van der Waals surface area contributed by atoms with Crippen molar-refractivity contribution in [3.8, 4) is 0 Å². The van der Waals surface area contributed by atoms with Crippen LogP contribution in [0.3, 0.4) is 0 Å². The third-order valence-corrected chi connectivity index (χ3v) is 3.74. The average molecular weight is 354 g/mol. The van der Waals surface area contributed by atoms with Crippen molar-refractivity contribution in [3.63, 3.8) is 0 Å². The monoisotopic (exact) mass is 354 g/mol. The zero-order valence-electron chi connectivity index (χ0n) is 14.0. The number of amides is 1. The van der Waals surface area contributed by atoms with E-state index in [1.54, 1.807) is 0 Å². The molecular weight excluding hydrogens is 338 g/mol. The highest BCUT2D eigenvalue weighted by Crippen LogP contribution is 2.19. The number of para-hydroxylation sites is 1. The van der Waals surface area contributed by atoms with Crippen LogP contribution in [0, 0.1) is 11.6 Å². The van der Waals surface area contributed by atoms with Crippen molar-refractivity contribution >= 4 is 17.4 Å². The number of nitrogens with zero attached hydrogens (tertiary/aromatic N) is 3. The van der Waals surface area contributed by atoms with Crippen LogP contribution in [0.25, 0.3) is 0 Å². The summed E-state index contributed by atoms with van der Waals surface area (Å²) in [5, 5.41) is 2.21. The Morgan fingerprint density at radius 1 is 1.04 bits per heavy atom. The molecule has 2 aromatic carbocycles. The van der Waals surface area contributed by atoms with Gasteiger partial charge in [0.25, 0.3) is 5.91 Å². The van der Waals surface area contributed by atoms with Gasteiger partial charge < -0.3 is 10.2 Å². The number of aromatic nitrogens is 2. The molecule has 0 saturated carbocycles. The Hall–Kier alpha value is -3.35. The largest absolute Gasteiger partial charge is 0.355 e. The van der Waals surface area contributed by atoms with E-state index in [0.29, 0.717) is 12.4 Å². The highest BCUT2D eigenvalue weighted by Gasteiger charge is 2.16. The summed E-state index contributed by atoms with van der Waals surface area (Å²) in [5.74, 6) is -1.91. The van der Waals surface area contributed by atoms with Gasteiger partial charge in [0.1, 0.15) is 35.2 Å². The molecule has 0 radical (unpaired) electrons. The summed E-state index contributed by atoms with van der Waals surface area (Å²) in [7, 11) is 1.83. The zero-order chi connectivity index (χ0) is 18.5. The first-order valence-electron chi connectivity index (χ1n) is 7.87. The van der Waals surface area contributed by atoms with Crippen molar-refractivity contribution in [2.45, 2.75) is 6.54 Å². The van der Waals surface area contributed by atoms with E-state index in [-0.39, 0.29) is 5.69 Å². The number of hydrogen-bond acceptors (Lipinski definition) is 4. The van der Waals surface area contributed by atoms with E-state index in [4.69, 9.17) is 0 Å². The molecule has 3 aromatic rings. The molecule has 0 fully saturated rings. The van der Waals surface area contributed by atoms with Crippen molar-refractivity contribution in [3.05, 3.63) is 83.8 Å². The van der Waals surface area contributed by atoms with Gasteiger partial charge in [-0.15, -0.1) is 0 Å².